The van der Waals surface area contributed by atoms with Crippen molar-refractivity contribution in [1.82, 2.24) is 0 Å². The molecule has 1 fully saturated rings. The van der Waals surface area contributed by atoms with Crippen molar-refractivity contribution >= 4 is 0 Å². The third-order valence-corrected chi connectivity index (χ3v) is 3.11. The molecule has 0 aromatic carbocycles. The number of methoxy groups -OCH3 is 1. The van der Waals surface area contributed by atoms with Gasteiger partial charge in [0.25, 0.3) is 0 Å². The van der Waals surface area contributed by atoms with Crippen molar-refractivity contribution in [1.29, 1.82) is 0 Å². The van der Waals surface area contributed by atoms with Crippen LogP contribution in [0.2, 0.25) is 0 Å². The van der Waals surface area contributed by atoms with Gasteiger partial charge in [-0.1, -0.05) is 0 Å². The lowest BCUT2D eigenvalue weighted by Gasteiger charge is -2.30. The molecule has 1 atom stereocenters. The van der Waals surface area contributed by atoms with E-state index in [0.717, 1.165) is 19.3 Å². The monoisotopic (exact) mass is 172 g/mol. The molecule has 1 rings (SSSR count). The summed E-state index contributed by atoms with van der Waals surface area (Å²) in [5, 5.41) is 9.55. The van der Waals surface area contributed by atoms with E-state index in [2.05, 4.69) is 13.8 Å². The zero-order valence-corrected chi connectivity index (χ0v) is 8.55. The second-order valence-electron chi connectivity index (χ2n) is 4.68. The van der Waals surface area contributed by atoms with Crippen LogP contribution in [-0.4, -0.2) is 23.9 Å². The van der Waals surface area contributed by atoms with Gasteiger partial charge in [-0.3, -0.25) is 0 Å². The molecule has 0 heterocycles. The highest BCUT2D eigenvalue weighted by atomic mass is 16.5. The van der Waals surface area contributed by atoms with Gasteiger partial charge in [-0.25, -0.2) is 0 Å². The molecule has 72 valence electrons. The average molecular weight is 172 g/mol. The van der Waals surface area contributed by atoms with Crippen molar-refractivity contribution in [2.75, 3.05) is 7.11 Å². The summed E-state index contributed by atoms with van der Waals surface area (Å²) in [5.74, 6) is 0. The second kappa shape index (κ2) is 3.00. The van der Waals surface area contributed by atoms with Crippen LogP contribution in [0.3, 0.4) is 0 Å². The van der Waals surface area contributed by atoms with Gasteiger partial charge in [-0.05, 0) is 45.4 Å². The zero-order valence-electron chi connectivity index (χ0n) is 8.55. The van der Waals surface area contributed by atoms with E-state index in [1.165, 1.54) is 0 Å². The molecule has 1 unspecified atom stereocenters. The number of ether oxygens (including phenoxy) is 1. The van der Waals surface area contributed by atoms with Gasteiger partial charge < -0.3 is 9.84 Å². The Kier molecular flexibility index (Phi) is 2.50. The highest BCUT2D eigenvalue weighted by Crippen LogP contribution is 2.54. The normalized spacial score (nSPS) is 23.8. The fraction of sp³-hybridized carbons (Fsp3) is 1.00. The molecule has 1 aliphatic carbocycles. The highest BCUT2D eigenvalue weighted by Gasteiger charge is 2.49. The lowest BCUT2D eigenvalue weighted by Crippen LogP contribution is -2.31. The van der Waals surface area contributed by atoms with Gasteiger partial charge in [-0.15, -0.1) is 0 Å². The maximum Gasteiger partial charge on any atom is 0.0629 e. The van der Waals surface area contributed by atoms with Gasteiger partial charge >= 0.3 is 0 Å². The van der Waals surface area contributed by atoms with Crippen LogP contribution >= 0.6 is 0 Å². The standard InChI is InChI=1S/C10H20O2/c1-8(11)10(5-6-10)7-9(2,3)12-4/h8,11H,5-7H2,1-4H3. The van der Waals surface area contributed by atoms with E-state index in [-0.39, 0.29) is 17.1 Å². The molecule has 2 nitrogen and oxygen atoms in total. The first kappa shape index (κ1) is 10.0. The molecular weight excluding hydrogens is 152 g/mol. The van der Waals surface area contributed by atoms with Crippen LogP contribution in [0.25, 0.3) is 0 Å². The van der Waals surface area contributed by atoms with E-state index < -0.39 is 0 Å². The summed E-state index contributed by atoms with van der Waals surface area (Å²) in [7, 11) is 1.73. The van der Waals surface area contributed by atoms with Crippen LogP contribution in [0.15, 0.2) is 0 Å². The quantitative estimate of drug-likeness (QED) is 0.702. The first-order valence-corrected chi connectivity index (χ1v) is 4.65. The van der Waals surface area contributed by atoms with Gasteiger partial charge in [0.1, 0.15) is 0 Å². The Labute approximate surface area is 74.9 Å². The van der Waals surface area contributed by atoms with E-state index >= 15 is 0 Å². The van der Waals surface area contributed by atoms with E-state index in [9.17, 15) is 5.11 Å². The van der Waals surface area contributed by atoms with E-state index in [4.69, 9.17) is 4.74 Å². The summed E-state index contributed by atoms with van der Waals surface area (Å²) in [6.45, 7) is 6.05. The highest BCUT2D eigenvalue weighted by molar-refractivity contribution is 5.00. The predicted octanol–water partition coefficient (Wildman–Crippen LogP) is 1.96. The molecule has 0 radical (unpaired) electrons. The molecule has 0 spiro atoms. The van der Waals surface area contributed by atoms with Gasteiger partial charge in [0.2, 0.25) is 0 Å². The Morgan fingerprint density at radius 2 is 2.00 bits per heavy atom. The van der Waals surface area contributed by atoms with Gasteiger partial charge in [0.15, 0.2) is 0 Å². The fourth-order valence-corrected chi connectivity index (χ4v) is 1.82. The maximum atomic E-state index is 9.55. The summed E-state index contributed by atoms with van der Waals surface area (Å²) in [4.78, 5) is 0. The molecule has 2 heteroatoms. The summed E-state index contributed by atoms with van der Waals surface area (Å²) >= 11 is 0. The van der Waals surface area contributed by atoms with Gasteiger partial charge in [0.05, 0.1) is 11.7 Å². The van der Waals surface area contributed by atoms with Crippen molar-refractivity contribution in [3.8, 4) is 0 Å². The number of rotatable bonds is 4. The van der Waals surface area contributed by atoms with Crippen molar-refractivity contribution in [2.24, 2.45) is 5.41 Å². The molecule has 1 aliphatic rings. The Balaban J connectivity index is 2.50. The molecule has 0 bridgehead atoms. The van der Waals surface area contributed by atoms with Crippen molar-refractivity contribution in [2.45, 2.75) is 51.7 Å². The largest absolute Gasteiger partial charge is 0.393 e. The molecule has 12 heavy (non-hydrogen) atoms. The SMILES string of the molecule is COC(C)(C)CC1(C(C)O)CC1. The third-order valence-electron chi connectivity index (χ3n) is 3.11. The molecule has 0 amide bonds. The Bertz CT molecular complexity index is 157. The minimum absolute atomic E-state index is 0.0898. The summed E-state index contributed by atoms with van der Waals surface area (Å²) in [6.07, 6.45) is 3.08. The summed E-state index contributed by atoms with van der Waals surface area (Å²) in [6, 6.07) is 0. The number of aliphatic hydroxyl groups is 1. The maximum absolute atomic E-state index is 9.55. The minimum Gasteiger partial charge on any atom is -0.393 e. The van der Waals surface area contributed by atoms with Crippen molar-refractivity contribution < 1.29 is 9.84 Å². The second-order valence-corrected chi connectivity index (χ2v) is 4.68. The topological polar surface area (TPSA) is 29.5 Å². The predicted molar refractivity (Wildman–Crippen MR) is 49.1 cm³/mol. The smallest absolute Gasteiger partial charge is 0.0629 e. The number of hydrogen-bond donors (Lipinski definition) is 1. The lowest BCUT2D eigenvalue weighted by atomic mass is 9.87. The minimum atomic E-state index is -0.188. The van der Waals surface area contributed by atoms with Crippen molar-refractivity contribution in [3.05, 3.63) is 0 Å². The average Bonchev–Trinajstić information content (AvgIpc) is 2.69. The van der Waals surface area contributed by atoms with E-state index in [1.807, 2.05) is 6.92 Å². The molecule has 1 N–H and O–H groups in total. The summed E-state index contributed by atoms with van der Waals surface area (Å²) in [5.41, 5.74) is 0.0764. The van der Waals surface area contributed by atoms with Gasteiger partial charge in [-0.2, -0.15) is 0 Å². The van der Waals surface area contributed by atoms with Crippen molar-refractivity contribution in [3.63, 3.8) is 0 Å². The van der Waals surface area contributed by atoms with Crippen LogP contribution in [0.4, 0.5) is 0 Å². The van der Waals surface area contributed by atoms with Crippen LogP contribution in [0.5, 0.6) is 0 Å². The summed E-state index contributed by atoms with van der Waals surface area (Å²) < 4.78 is 5.35. The zero-order chi connectivity index (χ0) is 9.41. The lowest BCUT2D eigenvalue weighted by molar-refractivity contribution is -0.0249. The fourth-order valence-electron chi connectivity index (χ4n) is 1.82. The first-order chi connectivity index (χ1) is 5.42. The van der Waals surface area contributed by atoms with Crippen LogP contribution in [-0.2, 0) is 4.74 Å². The molecule has 0 saturated heterocycles. The molecule has 0 aromatic heterocycles. The first-order valence-electron chi connectivity index (χ1n) is 4.65. The Morgan fingerprint density at radius 1 is 1.50 bits per heavy atom. The van der Waals surface area contributed by atoms with Crippen LogP contribution in [0.1, 0.15) is 40.0 Å². The van der Waals surface area contributed by atoms with Gasteiger partial charge in [0, 0.05) is 7.11 Å². The number of hydrogen-bond acceptors (Lipinski definition) is 2. The van der Waals surface area contributed by atoms with Crippen LogP contribution < -0.4 is 0 Å². The molecule has 0 aliphatic heterocycles. The van der Waals surface area contributed by atoms with E-state index in [0.29, 0.717) is 0 Å². The van der Waals surface area contributed by atoms with E-state index in [1.54, 1.807) is 7.11 Å². The Hall–Kier alpha value is -0.0800. The molecular formula is C10H20O2. The third kappa shape index (κ3) is 1.99. The molecule has 1 saturated carbocycles. The Morgan fingerprint density at radius 3 is 2.25 bits per heavy atom. The molecule has 0 aromatic rings. The number of aliphatic hydroxyl groups excluding tert-OH is 1. The van der Waals surface area contributed by atoms with Crippen LogP contribution in [0, 0.1) is 5.41 Å².